The predicted molar refractivity (Wildman–Crippen MR) is 146 cm³/mol. The fourth-order valence-electron chi connectivity index (χ4n) is 5.67. The van der Waals surface area contributed by atoms with E-state index in [9.17, 15) is 18.9 Å². The number of hydrogen-bond donors (Lipinski definition) is 2. The summed E-state index contributed by atoms with van der Waals surface area (Å²) in [5.74, 6) is -0.579. The van der Waals surface area contributed by atoms with Gasteiger partial charge in [0.05, 0.1) is 37.9 Å². The van der Waals surface area contributed by atoms with E-state index in [0.717, 1.165) is 31.6 Å². The minimum Gasteiger partial charge on any atom is -0.507 e. The summed E-state index contributed by atoms with van der Waals surface area (Å²) in [6.07, 6.45) is 3.22. The molecule has 1 aromatic heterocycles. The number of aromatic nitrogens is 1. The number of aryl methyl sites for hydroxylation is 1. The van der Waals surface area contributed by atoms with Crippen LogP contribution < -0.4 is 5.32 Å². The zero-order chi connectivity index (χ0) is 25.8. The molecule has 7 nitrogen and oxygen atoms in total. The van der Waals surface area contributed by atoms with Gasteiger partial charge in [0.25, 0.3) is 11.8 Å². The molecule has 4 aromatic rings. The first-order valence-corrected chi connectivity index (χ1v) is 14.1. The van der Waals surface area contributed by atoms with Crippen molar-refractivity contribution in [1.29, 1.82) is 0 Å². The van der Waals surface area contributed by atoms with Gasteiger partial charge in [-0.15, -0.1) is 0 Å². The molecule has 0 bridgehead atoms. The third kappa shape index (κ3) is 3.95. The van der Waals surface area contributed by atoms with Gasteiger partial charge in [-0.1, -0.05) is 29.8 Å². The molecule has 2 aliphatic rings. The number of carbonyl (C=O) groups is 2. The SMILES string of the molecule is Cn1c2cc(S(=O)CCCN3CCCC3)c(O)cc2c2c3c(c(-c4ccccc4Cl)cc21)C(=O)NC3=O. The molecule has 2 N–H and O–H groups in total. The highest BCUT2D eigenvalue weighted by Crippen LogP contribution is 2.43. The first-order valence-electron chi connectivity index (χ1n) is 12.4. The monoisotopic (exact) mass is 535 g/mol. The number of nitrogens with zero attached hydrogens (tertiary/aromatic N) is 2. The van der Waals surface area contributed by atoms with Crippen LogP contribution in [0.25, 0.3) is 32.9 Å². The number of rotatable bonds is 6. The van der Waals surface area contributed by atoms with E-state index in [-0.39, 0.29) is 16.9 Å². The Kier molecular flexibility index (Phi) is 6.06. The molecule has 0 spiro atoms. The number of benzene rings is 3. The lowest BCUT2D eigenvalue weighted by Gasteiger charge is -2.14. The quantitative estimate of drug-likeness (QED) is 0.345. The molecule has 2 aliphatic heterocycles. The maximum atomic E-state index is 13.2. The lowest BCUT2D eigenvalue weighted by atomic mass is 9.93. The van der Waals surface area contributed by atoms with E-state index in [1.807, 2.05) is 35.9 Å². The van der Waals surface area contributed by atoms with Gasteiger partial charge < -0.3 is 14.6 Å². The van der Waals surface area contributed by atoms with Gasteiger partial charge in [0, 0.05) is 34.2 Å². The molecule has 0 radical (unpaired) electrons. The third-order valence-corrected chi connectivity index (χ3v) is 9.28. The number of phenols is 1. The first-order chi connectivity index (χ1) is 17.8. The molecule has 9 heteroatoms. The van der Waals surface area contributed by atoms with Crippen molar-refractivity contribution < 1.29 is 18.9 Å². The summed E-state index contributed by atoms with van der Waals surface area (Å²) in [4.78, 5) is 28.7. The summed E-state index contributed by atoms with van der Waals surface area (Å²) in [6, 6.07) is 12.4. The molecule has 190 valence electrons. The van der Waals surface area contributed by atoms with Crippen molar-refractivity contribution in [2.75, 3.05) is 25.4 Å². The number of likely N-dealkylation sites (tertiary alicyclic amines) is 1. The third-order valence-electron chi connectivity index (χ3n) is 7.47. The van der Waals surface area contributed by atoms with Crippen LogP contribution in [0.2, 0.25) is 5.02 Å². The highest BCUT2D eigenvalue weighted by Gasteiger charge is 2.35. The van der Waals surface area contributed by atoms with Crippen molar-refractivity contribution in [2.45, 2.75) is 24.2 Å². The fraction of sp³-hybridized carbons (Fsp3) is 0.286. The number of nitrogens with one attached hydrogen (secondary N) is 1. The van der Waals surface area contributed by atoms with Crippen LogP contribution in [0.1, 0.15) is 40.0 Å². The van der Waals surface area contributed by atoms with Crippen LogP contribution in [0.4, 0.5) is 0 Å². The number of carbonyl (C=O) groups excluding carboxylic acids is 2. The Morgan fingerprint density at radius 3 is 2.49 bits per heavy atom. The molecule has 6 rings (SSSR count). The fourth-order valence-corrected chi connectivity index (χ4v) is 7.06. The normalized spacial score (nSPS) is 16.6. The molecule has 3 aromatic carbocycles. The van der Waals surface area contributed by atoms with Crippen molar-refractivity contribution in [3.05, 3.63) is 58.6 Å². The van der Waals surface area contributed by atoms with Crippen LogP contribution in [0.15, 0.2) is 47.4 Å². The number of aromatic hydroxyl groups is 1. The number of imide groups is 1. The summed E-state index contributed by atoms with van der Waals surface area (Å²) in [5.41, 5.74) is 3.19. The standard InChI is InChI=1S/C28H26ClN3O4S/c1-31-20-15-23(37(36)12-6-11-32-9-4-5-10-32)22(33)14-18(20)24-21(31)13-17(16-7-2-3-8-19(16)29)25-26(24)28(35)30-27(25)34/h2-3,7-8,13-15,33H,4-6,9-12H2,1H3,(H,30,34,35). The number of halogens is 1. The number of fused-ring (bicyclic) bond motifs is 5. The highest BCUT2D eigenvalue weighted by molar-refractivity contribution is 7.85. The molecular weight excluding hydrogens is 510 g/mol. The summed E-state index contributed by atoms with van der Waals surface area (Å²) in [5, 5.41) is 15.0. The molecule has 1 unspecified atom stereocenters. The van der Waals surface area contributed by atoms with Gasteiger partial charge >= 0.3 is 0 Å². The van der Waals surface area contributed by atoms with E-state index in [0.29, 0.717) is 43.1 Å². The van der Waals surface area contributed by atoms with E-state index < -0.39 is 22.6 Å². The van der Waals surface area contributed by atoms with Crippen molar-refractivity contribution in [2.24, 2.45) is 7.05 Å². The molecule has 1 atom stereocenters. The lowest BCUT2D eigenvalue weighted by molar-refractivity contribution is 0.0880. The van der Waals surface area contributed by atoms with Gasteiger partial charge in [-0.3, -0.25) is 19.1 Å². The Morgan fingerprint density at radius 2 is 1.73 bits per heavy atom. The maximum Gasteiger partial charge on any atom is 0.259 e. The highest BCUT2D eigenvalue weighted by atomic mass is 35.5. The first kappa shape index (κ1) is 24.2. The van der Waals surface area contributed by atoms with Crippen molar-refractivity contribution in [3.63, 3.8) is 0 Å². The topological polar surface area (TPSA) is 91.6 Å². The Hall–Kier alpha value is -3.20. The molecule has 0 aliphatic carbocycles. The van der Waals surface area contributed by atoms with Gasteiger partial charge in [-0.05, 0) is 68.7 Å². The van der Waals surface area contributed by atoms with Crippen LogP contribution in [0.5, 0.6) is 5.75 Å². The van der Waals surface area contributed by atoms with E-state index >= 15 is 0 Å². The molecule has 1 fully saturated rings. The molecule has 3 heterocycles. The van der Waals surface area contributed by atoms with Crippen molar-refractivity contribution in [1.82, 2.24) is 14.8 Å². The van der Waals surface area contributed by atoms with Crippen LogP contribution in [0.3, 0.4) is 0 Å². The van der Waals surface area contributed by atoms with E-state index in [1.54, 1.807) is 18.2 Å². The summed E-state index contributed by atoms with van der Waals surface area (Å²) >= 11 is 6.48. The van der Waals surface area contributed by atoms with Gasteiger partial charge in [0.2, 0.25) is 0 Å². The van der Waals surface area contributed by atoms with E-state index in [4.69, 9.17) is 11.6 Å². The number of phenolic OH excluding ortho intramolecular Hbond substituents is 1. The zero-order valence-corrected chi connectivity index (χ0v) is 21.9. The Balaban J connectivity index is 1.49. The van der Waals surface area contributed by atoms with Crippen LogP contribution in [-0.2, 0) is 17.8 Å². The van der Waals surface area contributed by atoms with Crippen molar-refractivity contribution in [3.8, 4) is 16.9 Å². The summed E-state index contributed by atoms with van der Waals surface area (Å²) in [7, 11) is 0.489. The number of hydrogen-bond acceptors (Lipinski definition) is 5. The number of amides is 2. The van der Waals surface area contributed by atoms with Gasteiger partial charge in [-0.25, -0.2) is 0 Å². The summed E-state index contributed by atoms with van der Waals surface area (Å²) in [6.45, 7) is 3.09. The minimum absolute atomic E-state index is 0.0758. The molecular formula is C28H26ClN3O4S. The Morgan fingerprint density at radius 1 is 1.00 bits per heavy atom. The van der Waals surface area contributed by atoms with E-state index in [1.165, 1.54) is 12.8 Å². The molecule has 2 amide bonds. The molecule has 1 saturated heterocycles. The van der Waals surface area contributed by atoms with Crippen LogP contribution in [-0.4, -0.2) is 56.0 Å². The second-order valence-electron chi connectivity index (χ2n) is 9.68. The van der Waals surface area contributed by atoms with Gasteiger partial charge in [-0.2, -0.15) is 0 Å². The zero-order valence-electron chi connectivity index (χ0n) is 20.3. The predicted octanol–water partition coefficient (Wildman–Crippen LogP) is 4.83. The van der Waals surface area contributed by atoms with Crippen molar-refractivity contribution >= 4 is 56.0 Å². The molecule has 0 saturated carbocycles. The second-order valence-corrected chi connectivity index (χ2v) is 11.6. The van der Waals surface area contributed by atoms with Crippen LogP contribution >= 0.6 is 11.6 Å². The smallest absolute Gasteiger partial charge is 0.259 e. The van der Waals surface area contributed by atoms with Gasteiger partial charge in [0.1, 0.15) is 5.75 Å². The van der Waals surface area contributed by atoms with Crippen LogP contribution in [0, 0.1) is 0 Å². The lowest BCUT2D eigenvalue weighted by Crippen LogP contribution is -2.21. The summed E-state index contributed by atoms with van der Waals surface area (Å²) < 4.78 is 15.1. The Labute approximate surface area is 221 Å². The average molecular weight is 536 g/mol. The Bertz CT molecular complexity index is 1640. The minimum atomic E-state index is -1.37. The van der Waals surface area contributed by atoms with E-state index in [2.05, 4.69) is 10.2 Å². The second kappa shape index (κ2) is 9.28. The van der Waals surface area contributed by atoms with Gasteiger partial charge in [0.15, 0.2) is 0 Å². The largest absolute Gasteiger partial charge is 0.507 e. The maximum absolute atomic E-state index is 13.2. The molecule has 37 heavy (non-hydrogen) atoms. The average Bonchev–Trinajstić information content (AvgIpc) is 3.56.